The van der Waals surface area contributed by atoms with Gasteiger partial charge in [-0.25, -0.2) is 4.79 Å². The fourth-order valence-electron chi connectivity index (χ4n) is 1.77. The maximum atomic E-state index is 10.7. The molecule has 0 aliphatic heterocycles. The van der Waals surface area contributed by atoms with Gasteiger partial charge in [0.25, 0.3) is 0 Å². The first-order valence-corrected chi connectivity index (χ1v) is 4.94. The molecule has 1 saturated carbocycles. The molecule has 1 N–H and O–H groups in total. The molecule has 0 aromatic carbocycles. The average Bonchev–Trinajstić information content (AvgIpc) is 2.39. The summed E-state index contributed by atoms with van der Waals surface area (Å²) in [7, 11) is 0. The molecule has 0 saturated heterocycles. The molecular formula is C10H14N2O2. The molecule has 4 heteroatoms. The Balaban J connectivity index is 2.10. The van der Waals surface area contributed by atoms with Crippen molar-refractivity contribution in [1.29, 1.82) is 0 Å². The second-order valence-corrected chi connectivity index (χ2v) is 3.98. The first-order valence-electron chi connectivity index (χ1n) is 4.94. The molecule has 1 fully saturated rings. The lowest BCUT2D eigenvalue weighted by Gasteiger charge is -2.24. The molecule has 1 aromatic heterocycles. The molecule has 0 amide bonds. The first-order chi connectivity index (χ1) is 6.66. The quantitative estimate of drug-likeness (QED) is 0.796. The van der Waals surface area contributed by atoms with E-state index in [1.54, 1.807) is 11.6 Å². The highest BCUT2D eigenvalue weighted by atomic mass is 16.4. The zero-order valence-electron chi connectivity index (χ0n) is 8.23. The minimum atomic E-state index is -0.935. The van der Waals surface area contributed by atoms with Crippen LogP contribution in [0.1, 0.15) is 35.3 Å². The Bertz CT molecular complexity index is 353. The molecule has 0 atom stereocenters. The third-order valence-corrected chi connectivity index (χ3v) is 2.82. The predicted octanol–water partition coefficient (Wildman–Crippen LogP) is 1.69. The Labute approximate surface area is 82.5 Å². The van der Waals surface area contributed by atoms with E-state index in [0.717, 1.165) is 12.1 Å². The summed E-state index contributed by atoms with van der Waals surface area (Å²) in [4.78, 5) is 10.7. The van der Waals surface area contributed by atoms with E-state index in [0.29, 0.717) is 5.92 Å². The lowest BCUT2D eigenvalue weighted by molar-refractivity contribution is 0.0688. The van der Waals surface area contributed by atoms with E-state index in [4.69, 9.17) is 5.11 Å². The Kier molecular flexibility index (Phi) is 2.27. The summed E-state index contributed by atoms with van der Waals surface area (Å²) < 4.78 is 1.77. The number of carbonyl (C=O) groups is 1. The second kappa shape index (κ2) is 3.44. The SMILES string of the molecule is Cc1cn(CC2CCC2)nc1C(=O)O. The number of hydrogen-bond acceptors (Lipinski definition) is 2. The fraction of sp³-hybridized carbons (Fsp3) is 0.600. The van der Waals surface area contributed by atoms with E-state index in [2.05, 4.69) is 5.10 Å². The van der Waals surface area contributed by atoms with Gasteiger partial charge in [-0.05, 0) is 25.7 Å². The second-order valence-electron chi connectivity index (χ2n) is 3.98. The van der Waals surface area contributed by atoms with Crippen molar-refractivity contribution in [2.75, 3.05) is 0 Å². The van der Waals surface area contributed by atoms with E-state index in [1.165, 1.54) is 19.3 Å². The highest BCUT2D eigenvalue weighted by Gasteiger charge is 2.19. The van der Waals surface area contributed by atoms with Crippen molar-refractivity contribution in [2.45, 2.75) is 32.7 Å². The smallest absolute Gasteiger partial charge is 0.356 e. The molecule has 14 heavy (non-hydrogen) atoms. The van der Waals surface area contributed by atoms with Crippen LogP contribution in [0.25, 0.3) is 0 Å². The van der Waals surface area contributed by atoms with Crippen LogP contribution in [0.3, 0.4) is 0 Å². The number of carboxylic acid groups (broad SMARTS) is 1. The predicted molar refractivity (Wildman–Crippen MR) is 51.3 cm³/mol. The molecule has 0 bridgehead atoms. The van der Waals surface area contributed by atoms with Crippen LogP contribution in [-0.4, -0.2) is 20.9 Å². The van der Waals surface area contributed by atoms with E-state index < -0.39 is 5.97 Å². The summed E-state index contributed by atoms with van der Waals surface area (Å²) in [5, 5.41) is 12.9. The Morgan fingerprint density at radius 3 is 2.86 bits per heavy atom. The standard InChI is InChI=1S/C10H14N2O2/c1-7-5-12(6-8-3-2-4-8)11-9(7)10(13)14/h5,8H,2-4,6H2,1H3,(H,13,14). The van der Waals surface area contributed by atoms with Crippen LogP contribution in [0, 0.1) is 12.8 Å². The summed E-state index contributed by atoms with van der Waals surface area (Å²) in [5.74, 6) is -0.231. The third-order valence-electron chi connectivity index (χ3n) is 2.82. The monoisotopic (exact) mass is 194 g/mol. The van der Waals surface area contributed by atoms with E-state index in [1.807, 2.05) is 6.20 Å². The first kappa shape index (κ1) is 9.24. The zero-order valence-corrected chi connectivity index (χ0v) is 8.23. The summed E-state index contributed by atoms with van der Waals surface area (Å²) >= 11 is 0. The van der Waals surface area contributed by atoms with Gasteiger partial charge in [-0.3, -0.25) is 4.68 Å². The maximum Gasteiger partial charge on any atom is 0.356 e. The van der Waals surface area contributed by atoms with Crippen LogP contribution in [-0.2, 0) is 6.54 Å². The minimum Gasteiger partial charge on any atom is -0.476 e. The lowest BCUT2D eigenvalue weighted by Crippen LogP contribution is -2.18. The van der Waals surface area contributed by atoms with Gasteiger partial charge in [-0.15, -0.1) is 0 Å². The Hall–Kier alpha value is -1.32. The van der Waals surface area contributed by atoms with Crippen molar-refractivity contribution < 1.29 is 9.90 Å². The molecule has 1 aliphatic carbocycles. The van der Waals surface area contributed by atoms with Crippen LogP contribution in [0.2, 0.25) is 0 Å². The third kappa shape index (κ3) is 1.64. The van der Waals surface area contributed by atoms with Crippen LogP contribution < -0.4 is 0 Å². The van der Waals surface area contributed by atoms with Gasteiger partial charge >= 0.3 is 5.97 Å². The van der Waals surface area contributed by atoms with Gasteiger partial charge in [0, 0.05) is 18.3 Å². The highest BCUT2D eigenvalue weighted by Crippen LogP contribution is 2.27. The Morgan fingerprint density at radius 1 is 1.71 bits per heavy atom. The number of carboxylic acids is 1. The molecule has 0 spiro atoms. The van der Waals surface area contributed by atoms with E-state index >= 15 is 0 Å². The van der Waals surface area contributed by atoms with E-state index in [9.17, 15) is 4.79 Å². The molecule has 4 nitrogen and oxygen atoms in total. The number of nitrogens with zero attached hydrogens (tertiary/aromatic N) is 2. The van der Waals surface area contributed by atoms with Gasteiger partial charge in [-0.1, -0.05) is 6.42 Å². The molecule has 1 heterocycles. The van der Waals surface area contributed by atoms with E-state index in [-0.39, 0.29) is 5.69 Å². The van der Waals surface area contributed by atoms with Crippen molar-refractivity contribution in [2.24, 2.45) is 5.92 Å². The van der Waals surface area contributed by atoms with Crippen LogP contribution >= 0.6 is 0 Å². The van der Waals surface area contributed by atoms with Crippen molar-refractivity contribution in [1.82, 2.24) is 9.78 Å². The molecule has 76 valence electrons. The molecule has 0 radical (unpaired) electrons. The topological polar surface area (TPSA) is 55.1 Å². The number of hydrogen-bond donors (Lipinski definition) is 1. The number of aryl methyl sites for hydroxylation is 1. The van der Waals surface area contributed by atoms with Gasteiger partial charge < -0.3 is 5.11 Å². The Morgan fingerprint density at radius 2 is 2.43 bits per heavy atom. The molecule has 1 aromatic rings. The van der Waals surface area contributed by atoms with Gasteiger partial charge in [0.05, 0.1) is 0 Å². The summed E-state index contributed by atoms with van der Waals surface area (Å²) in [6, 6.07) is 0. The number of aromatic carboxylic acids is 1. The number of aromatic nitrogens is 2. The fourth-order valence-corrected chi connectivity index (χ4v) is 1.77. The largest absolute Gasteiger partial charge is 0.476 e. The maximum absolute atomic E-state index is 10.7. The van der Waals surface area contributed by atoms with Crippen molar-refractivity contribution in [3.05, 3.63) is 17.5 Å². The van der Waals surface area contributed by atoms with Crippen LogP contribution in [0.15, 0.2) is 6.20 Å². The number of rotatable bonds is 3. The van der Waals surface area contributed by atoms with Gasteiger partial charge in [0.2, 0.25) is 0 Å². The summed E-state index contributed by atoms with van der Waals surface area (Å²) in [5.41, 5.74) is 0.932. The molecule has 0 unspecified atom stereocenters. The average molecular weight is 194 g/mol. The summed E-state index contributed by atoms with van der Waals surface area (Å²) in [6.07, 6.45) is 5.63. The zero-order chi connectivity index (χ0) is 10.1. The van der Waals surface area contributed by atoms with Gasteiger partial charge in [-0.2, -0.15) is 5.10 Å². The van der Waals surface area contributed by atoms with Crippen LogP contribution in [0.4, 0.5) is 0 Å². The minimum absolute atomic E-state index is 0.185. The summed E-state index contributed by atoms with van der Waals surface area (Å²) in [6.45, 7) is 2.65. The van der Waals surface area contributed by atoms with Crippen molar-refractivity contribution in [3.63, 3.8) is 0 Å². The van der Waals surface area contributed by atoms with Gasteiger partial charge in [0.15, 0.2) is 5.69 Å². The van der Waals surface area contributed by atoms with Gasteiger partial charge in [0.1, 0.15) is 0 Å². The highest BCUT2D eigenvalue weighted by molar-refractivity contribution is 5.86. The molecular weight excluding hydrogens is 180 g/mol. The van der Waals surface area contributed by atoms with Crippen LogP contribution in [0.5, 0.6) is 0 Å². The lowest BCUT2D eigenvalue weighted by atomic mass is 9.85. The molecule has 2 rings (SSSR count). The van der Waals surface area contributed by atoms with Crippen molar-refractivity contribution in [3.8, 4) is 0 Å². The molecule has 1 aliphatic rings. The normalized spacial score (nSPS) is 16.6. The van der Waals surface area contributed by atoms with Crippen molar-refractivity contribution >= 4 is 5.97 Å².